The van der Waals surface area contributed by atoms with E-state index >= 15 is 0 Å². The minimum absolute atomic E-state index is 0. The fraction of sp³-hybridized carbons (Fsp3) is 0.611. The van der Waals surface area contributed by atoms with Gasteiger partial charge in [0.15, 0.2) is 23.4 Å². The molecule has 0 amide bonds. The summed E-state index contributed by atoms with van der Waals surface area (Å²) in [4.78, 5) is 14.9. The summed E-state index contributed by atoms with van der Waals surface area (Å²) in [5, 5.41) is 11.7. The van der Waals surface area contributed by atoms with Crippen LogP contribution in [0.25, 0.3) is 0 Å². The third-order valence-electron chi connectivity index (χ3n) is 6.73. The molecule has 2 heterocycles. The van der Waals surface area contributed by atoms with E-state index in [1.807, 2.05) is 6.07 Å². The van der Waals surface area contributed by atoms with Crippen molar-refractivity contribution in [3.8, 4) is 11.5 Å². The lowest BCUT2D eigenvalue weighted by atomic mass is 9.49. The van der Waals surface area contributed by atoms with Gasteiger partial charge in [-0.1, -0.05) is 6.07 Å². The predicted molar refractivity (Wildman–Crippen MR) is 101 cm³/mol. The number of piperidine rings is 1. The van der Waals surface area contributed by atoms with E-state index in [4.69, 9.17) is 9.47 Å². The number of ketones is 1. The monoisotopic (exact) mass is 405 g/mol. The third-order valence-corrected chi connectivity index (χ3v) is 6.73. The minimum atomic E-state index is -0.900. The Labute approximate surface area is 163 Å². The fourth-order valence-electron chi connectivity index (χ4n) is 5.69. The number of hydrogen-bond acceptors (Lipinski definition) is 5. The zero-order chi connectivity index (χ0) is 16.0. The van der Waals surface area contributed by atoms with E-state index < -0.39 is 17.1 Å². The number of likely N-dealkylation sites (tertiary alicyclic amines) is 1. The van der Waals surface area contributed by atoms with Crippen LogP contribution in [0, 0.1) is 0 Å². The molecule has 1 saturated carbocycles. The van der Waals surface area contributed by atoms with Crippen LogP contribution < -0.4 is 9.47 Å². The number of Topliss-reactive ketones (excluding diaryl/α,β-unsaturated/α-hetero) is 1. The molecule has 0 unspecified atom stereocenters. The van der Waals surface area contributed by atoms with Crippen molar-refractivity contribution in [2.75, 3.05) is 20.7 Å². The lowest BCUT2D eigenvalue weighted by molar-refractivity contribution is -0.185. The molecular formula is C18H28ClNO7. The molecule has 9 heteroatoms. The van der Waals surface area contributed by atoms with E-state index in [-0.39, 0.29) is 40.7 Å². The maximum absolute atomic E-state index is 12.7. The average Bonchev–Trinajstić information content (AvgIpc) is 2.90. The first-order valence-corrected chi connectivity index (χ1v) is 8.35. The smallest absolute Gasteiger partial charge is 0.174 e. The van der Waals surface area contributed by atoms with Crippen LogP contribution in [0.5, 0.6) is 11.5 Å². The summed E-state index contributed by atoms with van der Waals surface area (Å²) < 4.78 is 11.6. The summed E-state index contributed by atoms with van der Waals surface area (Å²) in [6.45, 7) is 0.871. The minimum Gasteiger partial charge on any atom is -0.493 e. The molecule has 8 nitrogen and oxygen atoms in total. The Kier molecular flexibility index (Phi) is 6.29. The van der Waals surface area contributed by atoms with Gasteiger partial charge < -0.3 is 35.9 Å². The molecule has 2 fully saturated rings. The molecule has 1 spiro atoms. The predicted octanol–water partition coefficient (Wildman–Crippen LogP) is -1.00. The van der Waals surface area contributed by atoms with Crippen molar-refractivity contribution in [3.05, 3.63) is 23.3 Å². The SMILES string of the molecule is COc1ccc2c3c1O[C@H]1C(=O)CC[C@@]4(O)[C@@H](C2)N(C)CC[C@]314.Cl.O.O.O. The molecule has 154 valence electrons. The van der Waals surface area contributed by atoms with Crippen LogP contribution in [0.15, 0.2) is 12.1 Å². The highest BCUT2D eigenvalue weighted by Gasteiger charge is 2.72. The van der Waals surface area contributed by atoms with Crippen molar-refractivity contribution in [1.29, 1.82) is 0 Å². The number of hydrogen-bond donors (Lipinski definition) is 1. The van der Waals surface area contributed by atoms with Gasteiger partial charge in [0.1, 0.15) is 0 Å². The van der Waals surface area contributed by atoms with Crippen molar-refractivity contribution >= 4 is 18.2 Å². The second-order valence-corrected chi connectivity index (χ2v) is 7.44. The number of likely N-dealkylation sites (N-methyl/N-ethyl adjacent to an activating group) is 1. The van der Waals surface area contributed by atoms with Crippen LogP contribution in [-0.4, -0.2) is 70.7 Å². The normalized spacial score (nSPS) is 34.6. The van der Waals surface area contributed by atoms with Gasteiger partial charge in [-0.05, 0) is 44.5 Å². The number of carbonyl (C=O) groups is 1. The quantitative estimate of drug-likeness (QED) is 0.634. The Morgan fingerprint density at radius 1 is 1.26 bits per heavy atom. The topological polar surface area (TPSA) is 154 Å². The van der Waals surface area contributed by atoms with E-state index in [1.165, 1.54) is 5.56 Å². The highest BCUT2D eigenvalue weighted by molar-refractivity contribution is 5.90. The molecule has 1 aromatic rings. The fourth-order valence-corrected chi connectivity index (χ4v) is 5.69. The van der Waals surface area contributed by atoms with Crippen molar-refractivity contribution in [2.24, 2.45) is 0 Å². The molecule has 0 aromatic heterocycles. The average molecular weight is 406 g/mol. The lowest BCUT2D eigenvalue weighted by Gasteiger charge is -2.62. The van der Waals surface area contributed by atoms with E-state index in [0.717, 1.165) is 24.9 Å². The van der Waals surface area contributed by atoms with E-state index in [1.54, 1.807) is 7.11 Å². The first-order chi connectivity index (χ1) is 11.0. The van der Waals surface area contributed by atoms with Gasteiger partial charge in [-0.25, -0.2) is 0 Å². The summed E-state index contributed by atoms with van der Waals surface area (Å²) in [5.74, 6) is 1.47. The molecule has 7 N–H and O–H groups in total. The lowest BCUT2D eigenvalue weighted by Crippen LogP contribution is -2.76. The highest BCUT2D eigenvalue weighted by atomic mass is 35.5. The summed E-state index contributed by atoms with van der Waals surface area (Å²) >= 11 is 0. The van der Waals surface area contributed by atoms with Gasteiger partial charge in [0.05, 0.1) is 18.1 Å². The molecule has 27 heavy (non-hydrogen) atoms. The van der Waals surface area contributed by atoms with Crippen LogP contribution in [0.4, 0.5) is 0 Å². The molecule has 0 radical (unpaired) electrons. The Hall–Kier alpha value is -1.42. The molecule has 2 aliphatic carbocycles. The van der Waals surface area contributed by atoms with E-state index in [2.05, 4.69) is 18.0 Å². The zero-order valence-corrected chi connectivity index (χ0v) is 16.2. The van der Waals surface area contributed by atoms with Crippen LogP contribution in [0.3, 0.4) is 0 Å². The molecule has 1 saturated heterocycles. The van der Waals surface area contributed by atoms with Gasteiger partial charge in [-0.15, -0.1) is 12.4 Å². The number of halogens is 1. The number of carbonyl (C=O) groups excluding carboxylic acids is 1. The summed E-state index contributed by atoms with van der Waals surface area (Å²) in [5.41, 5.74) is 0.737. The first kappa shape index (κ1) is 23.6. The summed E-state index contributed by atoms with van der Waals surface area (Å²) in [6, 6.07) is 4.05. The van der Waals surface area contributed by atoms with Crippen molar-refractivity contribution in [1.82, 2.24) is 4.90 Å². The van der Waals surface area contributed by atoms with Gasteiger partial charge in [0.25, 0.3) is 0 Å². The van der Waals surface area contributed by atoms with Gasteiger partial charge in [0.2, 0.25) is 0 Å². The molecule has 4 aliphatic rings. The largest absolute Gasteiger partial charge is 0.493 e. The Bertz CT molecular complexity index is 745. The van der Waals surface area contributed by atoms with Gasteiger partial charge in [-0.3, -0.25) is 4.79 Å². The van der Waals surface area contributed by atoms with E-state index in [9.17, 15) is 9.90 Å². The number of nitrogens with zero attached hydrogens (tertiary/aromatic N) is 1. The number of ether oxygens (including phenoxy) is 2. The van der Waals surface area contributed by atoms with Crippen molar-refractivity contribution in [2.45, 2.75) is 48.8 Å². The van der Waals surface area contributed by atoms with Gasteiger partial charge in [0, 0.05) is 18.0 Å². The zero-order valence-electron chi connectivity index (χ0n) is 15.4. The maximum Gasteiger partial charge on any atom is 0.174 e. The maximum atomic E-state index is 12.7. The van der Waals surface area contributed by atoms with Crippen molar-refractivity contribution < 1.29 is 35.8 Å². The Morgan fingerprint density at radius 2 is 1.96 bits per heavy atom. The molecule has 4 atom stereocenters. The molecular weight excluding hydrogens is 378 g/mol. The standard InChI is InChI=1S/C18H21NO4.ClH.3H2O/c1-19-8-7-17-14-10-3-4-12(22-2)15(14)23-16(17)11(20)5-6-18(17,21)13(19)9-10;;;;/h3-4,13,16,21H,5-9H2,1-2H3;1H;3*1H2/t13-,16+,17+,18-;;;;/m1..../s1. The molecule has 2 aliphatic heterocycles. The summed E-state index contributed by atoms with van der Waals surface area (Å²) in [6.07, 6.45) is 1.89. The van der Waals surface area contributed by atoms with Gasteiger partial charge in [-0.2, -0.15) is 0 Å². The third kappa shape index (κ3) is 2.38. The van der Waals surface area contributed by atoms with Crippen LogP contribution >= 0.6 is 12.4 Å². The second kappa shape index (κ2) is 7.20. The number of aliphatic hydroxyl groups is 1. The van der Waals surface area contributed by atoms with Crippen LogP contribution in [-0.2, 0) is 16.6 Å². The van der Waals surface area contributed by atoms with Gasteiger partial charge >= 0.3 is 0 Å². The van der Waals surface area contributed by atoms with Crippen LogP contribution in [0.2, 0.25) is 0 Å². The van der Waals surface area contributed by atoms with Crippen molar-refractivity contribution in [3.63, 3.8) is 0 Å². The number of rotatable bonds is 1. The molecule has 2 bridgehead atoms. The Balaban J connectivity index is 0.000000911. The Morgan fingerprint density at radius 3 is 2.63 bits per heavy atom. The number of methoxy groups -OCH3 is 1. The number of benzene rings is 1. The summed E-state index contributed by atoms with van der Waals surface area (Å²) in [7, 11) is 3.70. The van der Waals surface area contributed by atoms with Crippen LogP contribution in [0.1, 0.15) is 30.4 Å². The first-order valence-electron chi connectivity index (χ1n) is 8.35. The highest BCUT2D eigenvalue weighted by Crippen LogP contribution is 2.64. The molecule has 1 aromatic carbocycles. The van der Waals surface area contributed by atoms with E-state index in [0.29, 0.717) is 24.3 Å². The molecule has 5 rings (SSSR count). The second-order valence-electron chi connectivity index (χ2n) is 7.44.